The molecule has 4 aliphatic carbocycles. The third-order valence-electron chi connectivity index (χ3n) is 18.3. The van der Waals surface area contributed by atoms with Crippen molar-refractivity contribution >= 4 is 0 Å². The molecule has 0 spiro atoms. The van der Waals surface area contributed by atoms with E-state index in [-0.39, 0.29) is 41.5 Å². The summed E-state index contributed by atoms with van der Waals surface area (Å²) in [5, 5.41) is 104. The average Bonchev–Trinajstić information content (AvgIpc) is 3.74. The maximum Gasteiger partial charge on any atom is 0.187 e. The summed E-state index contributed by atoms with van der Waals surface area (Å²) in [5.41, 5.74) is 0.222. The van der Waals surface area contributed by atoms with Crippen LogP contribution in [-0.2, 0) is 37.9 Å². The minimum atomic E-state index is -1.63. The highest BCUT2D eigenvalue weighted by Crippen LogP contribution is 2.71. The molecule has 3 unspecified atom stereocenters. The predicted molar refractivity (Wildman–Crippen MR) is 222 cm³/mol. The Morgan fingerprint density at radius 3 is 2.00 bits per heavy atom. The lowest BCUT2D eigenvalue weighted by Crippen LogP contribution is -2.64. The minimum absolute atomic E-state index is 0.0392. The summed E-state index contributed by atoms with van der Waals surface area (Å²) in [6, 6.07) is 0. The van der Waals surface area contributed by atoms with E-state index >= 15 is 0 Å². The number of ether oxygens (including phenoxy) is 8. The first-order valence-electron chi connectivity index (χ1n) is 24.1. The molecule has 0 bridgehead atoms. The predicted octanol–water partition coefficient (Wildman–Crippen LogP) is -0.0975. The number of aliphatic hydroxyl groups excluding tert-OH is 10. The van der Waals surface area contributed by atoms with Crippen molar-refractivity contribution in [2.24, 2.45) is 52.3 Å². The van der Waals surface area contributed by atoms with Gasteiger partial charge in [-0.15, -0.1) is 0 Å². The van der Waals surface area contributed by atoms with Gasteiger partial charge in [0, 0.05) is 19.4 Å². The number of rotatable bonds is 13. The van der Waals surface area contributed by atoms with Gasteiger partial charge in [-0.2, -0.15) is 0 Å². The second-order valence-electron chi connectivity index (χ2n) is 21.6. The van der Waals surface area contributed by atoms with Crippen LogP contribution in [0.4, 0.5) is 0 Å². The van der Waals surface area contributed by atoms with E-state index in [4.69, 9.17) is 37.9 Å². The second kappa shape index (κ2) is 19.2. The highest BCUT2D eigenvalue weighted by atomic mass is 16.7. The minimum Gasteiger partial charge on any atom is -0.394 e. The van der Waals surface area contributed by atoms with Crippen LogP contribution in [0.15, 0.2) is 0 Å². The summed E-state index contributed by atoms with van der Waals surface area (Å²) < 4.78 is 48.5. The standard InChI is InChI=1S/C46H78O18/c1-20(19-58-41-37(54)35(52)33(50)29(17-47)61-41)9-14-46(57-6)21(2)31-28(64-46)16-27-25-8-7-23-15-24(10-12-44(23,4)26(25)11-13-45(27,31)5)60-43-39(56)36(53)40(30(18-48)62-43)63-42-38(55)34(51)32(49)22(3)59-42/h20-43,47-56H,7-19H2,1-6H3/t20-,21-,22-,23?,24-,25+,26-,27-,28?,29+,30+,31?,32-,33+,34+,35-,36+,37+,38+,39+,40+,41+,42-,43+,44-,45-,46+/m0/s1. The molecule has 8 aliphatic rings. The van der Waals surface area contributed by atoms with E-state index in [2.05, 4.69) is 20.8 Å². The normalized spacial score (nSPS) is 55.6. The maximum absolute atomic E-state index is 11.2. The molecular weight excluding hydrogens is 840 g/mol. The fraction of sp³-hybridized carbons (Fsp3) is 1.00. The van der Waals surface area contributed by atoms with Crippen LogP contribution >= 0.6 is 0 Å². The summed E-state index contributed by atoms with van der Waals surface area (Å²) in [6.07, 6.45) is -10.9. The average molecular weight is 919 g/mol. The lowest BCUT2D eigenvalue weighted by molar-refractivity contribution is -0.361. The third kappa shape index (κ3) is 8.56. The highest BCUT2D eigenvalue weighted by molar-refractivity contribution is 5.15. The van der Waals surface area contributed by atoms with Gasteiger partial charge in [-0.05, 0) is 111 Å². The molecule has 0 aromatic carbocycles. The van der Waals surface area contributed by atoms with Gasteiger partial charge in [0.15, 0.2) is 24.7 Å². The SMILES string of the molecule is CO[C@]1(CC[C@H](C)CO[C@@H]2O[C@H](CO)[C@@H](O)[C@H](O)[C@H]2O)OC2C[C@H]3[C@@H]4CCC5C[C@@H](O[C@@H]6O[C@H](CO)[C@@H](O[C@@H]7O[C@@H](C)[C@H](O)[C@@H](O)[C@H]7O)[C@H](O)[C@H]6O)CC[C@]5(C)[C@H]4CC[C@]3(C)C2[C@@H]1C. The van der Waals surface area contributed by atoms with Gasteiger partial charge in [0.2, 0.25) is 0 Å². The van der Waals surface area contributed by atoms with Crippen molar-refractivity contribution in [1.82, 2.24) is 0 Å². The zero-order chi connectivity index (χ0) is 46.2. The number of methoxy groups -OCH3 is 1. The van der Waals surface area contributed by atoms with Gasteiger partial charge < -0.3 is 89.0 Å². The first kappa shape index (κ1) is 49.7. The Morgan fingerprint density at radius 2 is 1.30 bits per heavy atom. The van der Waals surface area contributed by atoms with E-state index in [0.29, 0.717) is 36.0 Å². The molecule has 0 amide bonds. The Labute approximate surface area is 376 Å². The Balaban J connectivity index is 0.847. The first-order valence-corrected chi connectivity index (χ1v) is 24.1. The van der Waals surface area contributed by atoms with E-state index in [1.165, 1.54) is 6.92 Å². The maximum atomic E-state index is 11.2. The van der Waals surface area contributed by atoms with Gasteiger partial charge in [-0.1, -0.05) is 27.7 Å². The summed E-state index contributed by atoms with van der Waals surface area (Å²) in [4.78, 5) is 0. The summed E-state index contributed by atoms with van der Waals surface area (Å²) in [6.45, 7) is 9.96. The Hall–Kier alpha value is -0.720. The molecule has 8 fully saturated rings. The largest absolute Gasteiger partial charge is 0.394 e. The van der Waals surface area contributed by atoms with Crippen LogP contribution in [0, 0.1) is 52.3 Å². The van der Waals surface area contributed by atoms with Gasteiger partial charge in [0.05, 0.1) is 38.1 Å². The van der Waals surface area contributed by atoms with Gasteiger partial charge in [-0.25, -0.2) is 0 Å². The Morgan fingerprint density at radius 1 is 0.656 bits per heavy atom. The van der Waals surface area contributed by atoms with Crippen molar-refractivity contribution in [3.05, 3.63) is 0 Å². The molecule has 370 valence electrons. The zero-order valence-electron chi connectivity index (χ0n) is 38.3. The number of aliphatic hydroxyl groups is 10. The topological polar surface area (TPSA) is 276 Å². The van der Waals surface area contributed by atoms with Crippen LogP contribution in [0.25, 0.3) is 0 Å². The third-order valence-corrected chi connectivity index (χ3v) is 18.3. The Bertz CT molecular complexity index is 1560. The Kier molecular flexibility index (Phi) is 14.9. The van der Waals surface area contributed by atoms with Crippen molar-refractivity contribution in [3.63, 3.8) is 0 Å². The molecule has 18 heteroatoms. The van der Waals surface area contributed by atoms with E-state index in [0.717, 1.165) is 57.8 Å². The smallest absolute Gasteiger partial charge is 0.187 e. The molecule has 8 rings (SSSR count). The number of hydrogen-bond donors (Lipinski definition) is 10. The molecule has 0 aromatic heterocycles. The summed E-state index contributed by atoms with van der Waals surface area (Å²) in [5.74, 6) is 1.89. The molecule has 4 aliphatic heterocycles. The van der Waals surface area contributed by atoms with Crippen molar-refractivity contribution < 1.29 is 89.0 Å². The molecule has 18 nitrogen and oxygen atoms in total. The van der Waals surface area contributed by atoms with Gasteiger partial charge in [0.25, 0.3) is 0 Å². The summed E-state index contributed by atoms with van der Waals surface area (Å²) >= 11 is 0. The van der Waals surface area contributed by atoms with Crippen LogP contribution in [0.5, 0.6) is 0 Å². The van der Waals surface area contributed by atoms with E-state index < -0.39 is 111 Å². The zero-order valence-corrected chi connectivity index (χ0v) is 38.3. The lowest BCUT2D eigenvalue weighted by Gasteiger charge is -2.61. The quantitative estimate of drug-likeness (QED) is 0.108. The van der Waals surface area contributed by atoms with Gasteiger partial charge in [0.1, 0.15) is 67.1 Å². The van der Waals surface area contributed by atoms with Crippen molar-refractivity contribution in [2.45, 2.75) is 209 Å². The van der Waals surface area contributed by atoms with E-state index in [9.17, 15) is 51.1 Å². The number of fused-ring (bicyclic) bond motifs is 7. The van der Waals surface area contributed by atoms with Gasteiger partial charge >= 0.3 is 0 Å². The molecule has 4 saturated carbocycles. The van der Waals surface area contributed by atoms with Crippen LogP contribution in [0.1, 0.15) is 98.8 Å². The van der Waals surface area contributed by atoms with E-state index in [1.54, 1.807) is 7.11 Å². The van der Waals surface area contributed by atoms with Crippen molar-refractivity contribution in [1.29, 1.82) is 0 Å². The van der Waals surface area contributed by atoms with Crippen LogP contribution in [0.3, 0.4) is 0 Å². The van der Waals surface area contributed by atoms with Gasteiger partial charge in [-0.3, -0.25) is 0 Å². The molecule has 10 N–H and O–H groups in total. The summed E-state index contributed by atoms with van der Waals surface area (Å²) in [7, 11) is 1.74. The monoisotopic (exact) mass is 919 g/mol. The second-order valence-corrected chi connectivity index (χ2v) is 21.6. The lowest BCUT2D eigenvalue weighted by atomic mass is 9.44. The molecule has 0 radical (unpaired) electrons. The molecule has 27 atom stereocenters. The highest BCUT2D eigenvalue weighted by Gasteiger charge is 2.69. The first-order chi connectivity index (χ1) is 30.3. The molecular formula is C46H78O18. The van der Waals surface area contributed by atoms with Crippen LogP contribution in [0.2, 0.25) is 0 Å². The fourth-order valence-electron chi connectivity index (χ4n) is 14.4. The van der Waals surface area contributed by atoms with Crippen molar-refractivity contribution in [2.75, 3.05) is 26.9 Å². The van der Waals surface area contributed by atoms with Crippen molar-refractivity contribution in [3.8, 4) is 0 Å². The molecule has 4 heterocycles. The molecule has 0 aromatic rings. The fourth-order valence-corrected chi connectivity index (χ4v) is 14.4. The van der Waals surface area contributed by atoms with Crippen LogP contribution in [-0.4, -0.2) is 188 Å². The van der Waals surface area contributed by atoms with Crippen LogP contribution < -0.4 is 0 Å². The molecule has 64 heavy (non-hydrogen) atoms. The number of hydrogen-bond acceptors (Lipinski definition) is 18. The molecule has 4 saturated heterocycles. The van der Waals surface area contributed by atoms with E-state index in [1.807, 2.05) is 6.92 Å².